The maximum absolute atomic E-state index is 13.6. The molecule has 1 saturated carbocycles. The summed E-state index contributed by atoms with van der Waals surface area (Å²) in [5, 5.41) is 0. The van der Waals surface area contributed by atoms with Crippen LogP contribution in [0.15, 0.2) is 28.7 Å². The number of carbonyl (C=O) groups excluding carboxylic acids is 2. The number of fused-ring (bicyclic) bond motifs is 1. The van der Waals surface area contributed by atoms with Gasteiger partial charge in [-0.25, -0.2) is 9.78 Å². The number of amides is 3. The van der Waals surface area contributed by atoms with E-state index in [9.17, 15) is 9.59 Å². The minimum Gasteiger partial charge on any atom is -0.491 e. The molecule has 188 valence electrons. The average Bonchev–Trinajstić information content (AvgIpc) is 3.49. The fourth-order valence-electron chi connectivity index (χ4n) is 5.52. The highest BCUT2D eigenvalue weighted by molar-refractivity contribution is 5.98. The summed E-state index contributed by atoms with van der Waals surface area (Å²) in [5.74, 6) is 1.82. The highest BCUT2D eigenvalue weighted by Gasteiger charge is 2.47. The summed E-state index contributed by atoms with van der Waals surface area (Å²) in [7, 11) is 0. The van der Waals surface area contributed by atoms with Gasteiger partial charge in [-0.3, -0.25) is 9.69 Å². The molecule has 1 aliphatic carbocycles. The second-order valence-corrected chi connectivity index (χ2v) is 10.2. The van der Waals surface area contributed by atoms with E-state index in [0.717, 1.165) is 55.5 Å². The Bertz CT molecular complexity index is 1060. The molecule has 8 nitrogen and oxygen atoms in total. The number of hydrogen-bond donors (Lipinski definition) is 0. The van der Waals surface area contributed by atoms with E-state index in [2.05, 4.69) is 0 Å². The number of rotatable bonds is 7. The molecule has 35 heavy (non-hydrogen) atoms. The van der Waals surface area contributed by atoms with Crippen LogP contribution in [0.2, 0.25) is 0 Å². The normalized spacial score (nSPS) is 24.9. The number of urea groups is 1. The van der Waals surface area contributed by atoms with Crippen LogP contribution in [-0.4, -0.2) is 58.1 Å². The first-order valence-corrected chi connectivity index (χ1v) is 12.9. The third-order valence-corrected chi connectivity index (χ3v) is 7.29. The van der Waals surface area contributed by atoms with Crippen LogP contribution in [0.3, 0.4) is 0 Å². The van der Waals surface area contributed by atoms with E-state index < -0.39 is 0 Å². The molecule has 3 aliphatic rings. The number of ether oxygens (including phenoxy) is 2. The molecule has 2 saturated heterocycles. The number of aryl methyl sites for hydroxylation is 1. The van der Waals surface area contributed by atoms with Crippen molar-refractivity contribution in [3.63, 3.8) is 0 Å². The lowest BCUT2D eigenvalue weighted by Crippen LogP contribution is -2.63. The Morgan fingerprint density at radius 1 is 1.09 bits per heavy atom. The van der Waals surface area contributed by atoms with Crippen LogP contribution in [0.4, 0.5) is 4.79 Å². The predicted octanol–water partition coefficient (Wildman–Crippen LogP) is 4.94. The summed E-state index contributed by atoms with van der Waals surface area (Å²) in [5.41, 5.74) is 1.58. The monoisotopic (exact) mass is 481 g/mol. The Morgan fingerprint density at radius 2 is 1.86 bits per heavy atom. The topological polar surface area (TPSA) is 85.1 Å². The Hall–Kier alpha value is -2.87. The molecule has 0 radical (unpaired) electrons. The zero-order chi connectivity index (χ0) is 24.5. The second-order valence-electron chi connectivity index (χ2n) is 10.2. The Kier molecular flexibility index (Phi) is 6.82. The zero-order valence-electron chi connectivity index (χ0n) is 20.9. The van der Waals surface area contributed by atoms with Gasteiger partial charge in [0, 0.05) is 18.2 Å². The van der Waals surface area contributed by atoms with Gasteiger partial charge in [0.05, 0.1) is 31.2 Å². The molecule has 8 heteroatoms. The van der Waals surface area contributed by atoms with Gasteiger partial charge in [0.2, 0.25) is 11.8 Å². The van der Waals surface area contributed by atoms with Gasteiger partial charge >= 0.3 is 6.03 Å². The van der Waals surface area contributed by atoms with Crippen molar-refractivity contribution in [2.24, 2.45) is 5.92 Å². The maximum Gasteiger partial charge on any atom is 0.327 e. The van der Waals surface area contributed by atoms with E-state index in [0.29, 0.717) is 31.3 Å². The Labute approximate surface area is 206 Å². The van der Waals surface area contributed by atoms with Gasteiger partial charge in [-0.2, -0.15) is 0 Å². The van der Waals surface area contributed by atoms with Gasteiger partial charge in [0.25, 0.3) is 0 Å². The predicted molar refractivity (Wildman–Crippen MR) is 130 cm³/mol. The van der Waals surface area contributed by atoms with Gasteiger partial charge < -0.3 is 18.8 Å². The number of aromatic nitrogens is 1. The molecule has 0 bridgehead atoms. The average molecular weight is 482 g/mol. The molecule has 0 N–H and O–H groups in total. The van der Waals surface area contributed by atoms with Crippen molar-refractivity contribution in [2.45, 2.75) is 84.1 Å². The maximum atomic E-state index is 13.6. The standard InChI is InChI=1S/C27H35N3O5/c1-17(2)34-20-12-10-19(11-13-20)25-28-23(18(3)35-25)16-29-24-9-5-4-8-22(24)26(31)30(27(29)32)15-21-7-6-14-33-21/h10-13,17,21-22,24H,4-9,14-16H2,1-3H3. The van der Waals surface area contributed by atoms with Crippen molar-refractivity contribution >= 4 is 11.9 Å². The van der Waals surface area contributed by atoms with Crippen molar-refractivity contribution in [3.05, 3.63) is 35.7 Å². The van der Waals surface area contributed by atoms with E-state index in [1.807, 2.05) is 49.9 Å². The van der Waals surface area contributed by atoms with Gasteiger partial charge in [-0.1, -0.05) is 12.8 Å². The lowest BCUT2D eigenvalue weighted by molar-refractivity contribution is -0.142. The van der Waals surface area contributed by atoms with Crippen molar-refractivity contribution in [1.82, 2.24) is 14.8 Å². The highest BCUT2D eigenvalue weighted by Crippen LogP contribution is 2.36. The molecular formula is C27H35N3O5. The van der Waals surface area contributed by atoms with Gasteiger partial charge in [0.1, 0.15) is 17.2 Å². The van der Waals surface area contributed by atoms with Crippen LogP contribution in [0.1, 0.15) is 63.8 Å². The minimum atomic E-state index is -0.229. The number of benzene rings is 1. The molecular weight excluding hydrogens is 446 g/mol. The van der Waals surface area contributed by atoms with E-state index in [-0.39, 0.29) is 36.1 Å². The summed E-state index contributed by atoms with van der Waals surface area (Å²) >= 11 is 0. The lowest BCUT2D eigenvalue weighted by atomic mass is 9.81. The summed E-state index contributed by atoms with van der Waals surface area (Å²) in [4.78, 5) is 34.9. The largest absolute Gasteiger partial charge is 0.491 e. The van der Waals surface area contributed by atoms with Crippen LogP contribution in [0, 0.1) is 12.8 Å². The van der Waals surface area contributed by atoms with Gasteiger partial charge in [0.15, 0.2) is 0 Å². The van der Waals surface area contributed by atoms with Crippen molar-refractivity contribution in [3.8, 4) is 17.2 Å². The number of oxazole rings is 1. The summed E-state index contributed by atoms with van der Waals surface area (Å²) in [6.45, 7) is 7.23. The highest BCUT2D eigenvalue weighted by atomic mass is 16.5. The molecule has 0 spiro atoms. The minimum absolute atomic E-state index is 0.0345. The first kappa shape index (κ1) is 23.9. The molecule has 3 unspecified atom stereocenters. The molecule has 3 amide bonds. The first-order valence-electron chi connectivity index (χ1n) is 12.9. The van der Waals surface area contributed by atoms with E-state index in [1.54, 1.807) is 0 Å². The Balaban J connectivity index is 1.37. The number of carbonyl (C=O) groups is 2. The fraction of sp³-hybridized carbons (Fsp3) is 0.593. The van der Waals surface area contributed by atoms with Crippen LogP contribution in [0.25, 0.3) is 11.5 Å². The Morgan fingerprint density at radius 3 is 2.57 bits per heavy atom. The van der Waals surface area contributed by atoms with Crippen LogP contribution in [-0.2, 0) is 16.1 Å². The molecule has 3 atom stereocenters. The molecule has 2 aliphatic heterocycles. The molecule has 3 fully saturated rings. The third kappa shape index (κ3) is 4.94. The van der Waals surface area contributed by atoms with Crippen molar-refractivity contribution in [1.29, 1.82) is 0 Å². The smallest absolute Gasteiger partial charge is 0.327 e. The van der Waals surface area contributed by atoms with Crippen LogP contribution in [0.5, 0.6) is 5.75 Å². The third-order valence-electron chi connectivity index (χ3n) is 7.29. The molecule has 1 aromatic heterocycles. The van der Waals surface area contributed by atoms with Crippen LogP contribution < -0.4 is 4.74 Å². The zero-order valence-corrected chi connectivity index (χ0v) is 20.9. The number of nitrogens with zero attached hydrogens (tertiary/aromatic N) is 3. The second kappa shape index (κ2) is 10.0. The van der Waals surface area contributed by atoms with Crippen molar-refractivity contribution < 1.29 is 23.5 Å². The van der Waals surface area contributed by atoms with E-state index in [4.69, 9.17) is 18.9 Å². The quantitative estimate of drug-likeness (QED) is 0.557. The number of imide groups is 1. The molecule has 3 heterocycles. The van der Waals surface area contributed by atoms with Crippen molar-refractivity contribution in [2.75, 3.05) is 13.2 Å². The summed E-state index contributed by atoms with van der Waals surface area (Å²) in [6.07, 6.45) is 5.62. The summed E-state index contributed by atoms with van der Waals surface area (Å²) in [6, 6.07) is 7.35. The SMILES string of the molecule is Cc1oc(-c2ccc(OC(C)C)cc2)nc1CN1C(=O)N(CC2CCCO2)C(=O)C2CCCCC21. The summed E-state index contributed by atoms with van der Waals surface area (Å²) < 4.78 is 17.5. The molecule has 2 aromatic rings. The van der Waals surface area contributed by atoms with Crippen LogP contribution >= 0.6 is 0 Å². The van der Waals surface area contributed by atoms with E-state index in [1.165, 1.54) is 4.90 Å². The lowest BCUT2D eigenvalue weighted by Gasteiger charge is -2.47. The molecule has 5 rings (SSSR count). The van der Waals surface area contributed by atoms with Gasteiger partial charge in [-0.15, -0.1) is 0 Å². The number of hydrogen-bond acceptors (Lipinski definition) is 6. The first-order chi connectivity index (χ1) is 16.9. The van der Waals surface area contributed by atoms with Gasteiger partial charge in [-0.05, 0) is 70.7 Å². The fourth-order valence-corrected chi connectivity index (χ4v) is 5.52. The molecule has 1 aromatic carbocycles. The van der Waals surface area contributed by atoms with E-state index >= 15 is 0 Å².